The molecule has 0 radical (unpaired) electrons. The third-order valence-electron chi connectivity index (χ3n) is 5.11. The number of pyridine rings is 1. The number of hydrogen-bond donors (Lipinski definition) is 0. The lowest BCUT2D eigenvalue weighted by Gasteiger charge is -2.19. The zero-order valence-corrected chi connectivity index (χ0v) is 21.8. The van der Waals surface area contributed by atoms with Gasteiger partial charge in [0.1, 0.15) is 5.69 Å². The number of nitrogens with zero attached hydrogens (tertiary/aromatic N) is 5. The Morgan fingerprint density at radius 3 is 2.56 bits per heavy atom. The standard InChI is InChI=1S/C14H18N4O2.C13H13N.C2H6/c1-3-9-20-11-13-14(19)6-8-18(16-13)12-5-7-15-17(4-2)10-12;1-2-11-8-13(10-14-9-11)12-6-4-3-5-7-12;1-2/h3,6-8,10H,1,4-5,9,11H2,2H3;3-10H,2H2,1H3;1-2H3. The van der Waals surface area contributed by atoms with Crippen molar-refractivity contribution in [1.82, 2.24) is 19.8 Å². The van der Waals surface area contributed by atoms with Crippen molar-refractivity contribution >= 4 is 11.9 Å². The monoisotopic (exact) mass is 487 g/mol. The Bertz CT molecular complexity index is 1190. The van der Waals surface area contributed by atoms with Crippen molar-refractivity contribution in [2.24, 2.45) is 5.10 Å². The summed E-state index contributed by atoms with van der Waals surface area (Å²) in [5.74, 6) is 0. The number of aromatic nitrogens is 3. The average molecular weight is 488 g/mol. The van der Waals surface area contributed by atoms with Gasteiger partial charge in [-0.3, -0.25) is 14.8 Å². The molecule has 1 aromatic carbocycles. The topological polar surface area (TPSA) is 72.6 Å². The Morgan fingerprint density at radius 2 is 1.86 bits per heavy atom. The molecule has 0 amide bonds. The summed E-state index contributed by atoms with van der Waals surface area (Å²) in [6.07, 6.45) is 12.6. The molecule has 3 aromatic rings. The second-order valence-corrected chi connectivity index (χ2v) is 7.55. The first-order valence-corrected chi connectivity index (χ1v) is 12.4. The van der Waals surface area contributed by atoms with E-state index in [1.54, 1.807) is 17.0 Å². The summed E-state index contributed by atoms with van der Waals surface area (Å²) in [5, 5.41) is 10.4. The molecule has 0 N–H and O–H groups in total. The van der Waals surface area contributed by atoms with Crippen LogP contribution in [-0.2, 0) is 17.8 Å². The molecular formula is C29H37N5O2. The number of hydrazone groups is 1. The van der Waals surface area contributed by atoms with E-state index >= 15 is 0 Å². The molecule has 36 heavy (non-hydrogen) atoms. The van der Waals surface area contributed by atoms with Gasteiger partial charge in [-0.25, -0.2) is 4.68 Å². The minimum Gasteiger partial charge on any atom is -0.371 e. The fraction of sp³-hybridized carbons (Fsp3) is 0.310. The van der Waals surface area contributed by atoms with Crippen LogP contribution in [0.5, 0.6) is 0 Å². The average Bonchev–Trinajstić information content (AvgIpc) is 2.96. The van der Waals surface area contributed by atoms with Gasteiger partial charge < -0.3 is 4.74 Å². The van der Waals surface area contributed by atoms with E-state index in [0.29, 0.717) is 18.7 Å². The molecule has 0 saturated carbocycles. The van der Waals surface area contributed by atoms with Crippen LogP contribution < -0.4 is 5.43 Å². The zero-order valence-electron chi connectivity index (χ0n) is 21.8. The molecule has 0 saturated heterocycles. The molecule has 0 unspecified atom stereocenters. The van der Waals surface area contributed by atoms with Gasteiger partial charge in [-0.1, -0.05) is 57.2 Å². The smallest absolute Gasteiger partial charge is 0.205 e. The molecule has 4 rings (SSSR count). The Kier molecular flexibility index (Phi) is 12.6. The lowest BCUT2D eigenvalue weighted by molar-refractivity contribution is 0.144. The molecule has 1 aliphatic rings. The van der Waals surface area contributed by atoms with E-state index in [9.17, 15) is 4.79 Å². The Labute approximate surface area is 214 Å². The summed E-state index contributed by atoms with van der Waals surface area (Å²) in [7, 11) is 0. The van der Waals surface area contributed by atoms with Gasteiger partial charge in [-0.15, -0.1) is 6.58 Å². The molecular weight excluding hydrogens is 450 g/mol. The van der Waals surface area contributed by atoms with Crippen LogP contribution >= 0.6 is 0 Å². The molecule has 0 spiro atoms. The molecule has 7 heteroatoms. The van der Waals surface area contributed by atoms with Crippen molar-refractivity contribution in [2.45, 2.75) is 47.1 Å². The van der Waals surface area contributed by atoms with E-state index in [1.807, 2.05) is 68.8 Å². The molecule has 2 aromatic heterocycles. The first kappa shape index (κ1) is 28.4. The van der Waals surface area contributed by atoms with Crippen molar-refractivity contribution in [2.75, 3.05) is 13.2 Å². The van der Waals surface area contributed by atoms with Gasteiger partial charge in [0.05, 0.1) is 18.9 Å². The van der Waals surface area contributed by atoms with E-state index in [4.69, 9.17) is 4.74 Å². The first-order valence-electron chi connectivity index (χ1n) is 12.4. The van der Waals surface area contributed by atoms with Crippen LogP contribution in [0.25, 0.3) is 16.8 Å². The maximum absolute atomic E-state index is 11.7. The number of hydrogen-bond acceptors (Lipinski definition) is 6. The second-order valence-electron chi connectivity index (χ2n) is 7.55. The summed E-state index contributed by atoms with van der Waals surface area (Å²) >= 11 is 0. The molecule has 0 aliphatic carbocycles. The highest BCUT2D eigenvalue weighted by Gasteiger charge is 2.09. The molecule has 7 nitrogen and oxygen atoms in total. The molecule has 0 bridgehead atoms. The van der Waals surface area contributed by atoms with E-state index in [2.05, 4.69) is 46.9 Å². The molecule has 190 valence electrons. The maximum atomic E-state index is 11.7. The fourth-order valence-electron chi connectivity index (χ4n) is 3.24. The molecule has 0 atom stereocenters. The van der Waals surface area contributed by atoms with E-state index in [-0.39, 0.29) is 12.0 Å². The van der Waals surface area contributed by atoms with Crippen molar-refractivity contribution in [3.8, 4) is 11.1 Å². The van der Waals surface area contributed by atoms with Crippen molar-refractivity contribution in [3.05, 3.63) is 101 Å². The van der Waals surface area contributed by atoms with Gasteiger partial charge in [0.15, 0.2) is 0 Å². The normalized spacial score (nSPS) is 12.0. The van der Waals surface area contributed by atoms with Crippen molar-refractivity contribution in [1.29, 1.82) is 0 Å². The van der Waals surface area contributed by atoms with Crippen LogP contribution in [0.2, 0.25) is 0 Å². The third-order valence-corrected chi connectivity index (χ3v) is 5.11. The summed E-state index contributed by atoms with van der Waals surface area (Å²) in [4.78, 5) is 16.0. The van der Waals surface area contributed by atoms with E-state index in [0.717, 1.165) is 18.7 Å². The zero-order chi connectivity index (χ0) is 26.2. The highest BCUT2D eigenvalue weighted by atomic mass is 16.5. The number of allylic oxidation sites excluding steroid dienone is 1. The van der Waals surface area contributed by atoms with Crippen LogP contribution in [0.4, 0.5) is 0 Å². The molecule has 3 heterocycles. The van der Waals surface area contributed by atoms with Gasteiger partial charge in [-0.05, 0) is 30.5 Å². The van der Waals surface area contributed by atoms with E-state index < -0.39 is 0 Å². The second kappa shape index (κ2) is 15.9. The summed E-state index contributed by atoms with van der Waals surface area (Å²) in [5.41, 5.74) is 4.95. The number of rotatable bonds is 8. The summed E-state index contributed by atoms with van der Waals surface area (Å²) in [6, 6.07) is 14.0. The van der Waals surface area contributed by atoms with Gasteiger partial charge in [-0.2, -0.15) is 10.2 Å². The minimum atomic E-state index is -0.122. The molecule has 1 aliphatic heterocycles. The van der Waals surface area contributed by atoms with E-state index in [1.165, 1.54) is 22.8 Å². The fourth-order valence-corrected chi connectivity index (χ4v) is 3.24. The largest absolute Gasteiger partial charge is 0.371 e. The predicted octanol–water partition coefficient (Wildman–Crippen LogP) is 5.79. The summed E-state index contributed by atoms with van der Waals surface area (Å²) < 4.78 is 6.98. The van der Waals surface area contributed by atoms with Gasteiger partial charge in [0.2, 0.25) is 5.43 Å². The van der Waals surface area contributed by atoms with Crippen LogP contribution in [0.3, 0.4) is 0 Å². The van der Waals surface area contributed by atoms with Gasteiger partial charge in [0.25, 0.3) is 0 Å². The minimum absolute atomic E-state index is 0.122. The van der Waals surface area contributed by atoms with Gasteiger partial charge in [0, 0.05) is 55.6 Å². The maximum Gasteiger partial charge on any atom is 0.205 e. The molecule has 0 fully saturated rings. The van der Waals surface area contributed by atoms with Crippen LogP contribution in [-0.4, -0.2) is 39.1 Å². The Balaban J connectivity index is 0.000000250. The van der Waals surface area contributed by atoms with Gasteiger partial charge >= 0.3 is 0 Å². The number of aryl methyl sites for hydroxylation is 1. The quantitative estimate of drug-likeness (QED) is 0.297. The highest BCUT2D eigenvalue weighted by Crippen LogP contribution is 2.18. The number of benzene rings is 1. The number of ether oxygens (including phenoxy) is 1. The van der Waals surface area contributed by atoms with Crippen LogP contribution in [0.15, 0.2) is 89.8 Å². The van der Waals surface area contributed by atoms with Crippen molar-refractivity contribution in [3.63, 3.8) is 0 Å². The lowest BCUT2D eigenvalue weighted by Crippen LogP contribution is -2.21. The highest BCUT2D eigenvalue weighted by molar-refractivity contribution is 5.72. The Morgan fingerprint density at radius 1 is 1.08 bits per heavy atom. The SMILES string of the molecule is C=CCOCc1nn(C2=CN(CC)N=CC2)ccc1=O.CC.CCc1cncc(-c2ccccc2)c1. The van der Waals surface area contributed by atoms with Crippen LogP contribution in [0.1, 0.15) is 45.4 Å². The Hall–Kier alpha value is -3.84. The lowest BCUT2D eigenvalue weighted by atomic mass is 10.1. The predicted molar refractivity (Wildman–Crippen MR) is 149 cm³/mol. The third kappa shape index (κ3) is 8.74. The van der Waals surface area contributed by atoms with Crippen LogP contribution in [0, 0.1) is 0 Å². The van der Waals surface area contributed by atoms with Crippen molar-refractivity contribution < 1.29 is 4.74 Å². The summed E-state index contributed by atoms with van der Waals surface area (Å²) in [6.45, 7) is 13.1. The first-order chi connectivity index (χ1) is 17.6.